The van der Waals surface area contributed by atoms with Crippen LogP contribution in [0.1, 0.15) is 26.3 Å². The lowest BCUT2D eigenvalue weighted by Crippen LogP contribution is -2.12. The molecule has 2 aromatic heterocycles. The summed E-state index contributed by atoms with van der Waals surface area (Å²) in [5.41, 5.74) is 1.00. The molecule has 156 valence electrons. The van der Waals surface area contributed by atoms with E-state index in [1.54, 1.807) is 24.3 Å². The van der Waals surface area contributed by atoms with Gasteiger partial charge >= 0.3 is 12.1 Å². The Labute approximate surface area is 172 Å². The second kappa shape index (κ2) is 7.56. The monoisotopic (exact) mass is 426 g/mol. The number of aromatic amines is 1. The third kappa shape index (κ3) is 4.08. The molecule has 0 atom stereocenters. The molecular formula is C21H13F3N4O3. The normalized spacial score (nSPS) is 11.5. The number of para-hydroxylation sites is 1. The Morgan fingerprint density at radius 1 is 1.00 bits per heavy atom. The van der Waals surface area contributed by atoms with Crippen molar-refractivity contribution in [2.24, 2.45) is 0 Å². The zero-order chi connectivity index (χ0) is 22.2. The van der Waals surface area contributed by atoms with Crippen LogP contribution in [0.2, 0.25) is 0 Å². The Morgan fingerprint density at radius 3 is 2.35 bits per heavy atom. The van der Waals surface area contributed by atoms with Crippen LogP contribution in [0.25, 0.3) is 22.3 Å². The molecule has 0 bridgehead atoms. The lowest BCUT2D eigenvalue weighted by atomic mass is 10.1. The minimum atomic E-state index is -4.46. The van der Waals surface area contributed by atoms with Crippen molar-refractivity contribution in [2.45, 2.75) is 6.18 Å². The van der Waals surface area contributed by atoms with Gasteiger partial charge in [0.05, 0.1) is 27.9 Å². The summed E-state index contributed by atoms with van der Waals surface area (Å²) in [7, 11) is 0. The number of hydrogen-bond donors (Lipinski definition) is 3. The van der Waals surface area contributed by atoms with Crippen LogP contribution in [-0.4, -0.2) is 31.9 Å². The Morgan fingerprint density at radius 2 is 1.74 bits per heavy atom. The number of hydrogen-bond acceptors (Lipinski definition) is 4. The molecule has 1 amide bonds. The van der Waals surface area contributed by atoms with Crippen LogP contribution in [0.15, 0.2) is 60.8 Å². The number of imidazole rings is 1. The first-order chi connectivity index (χ1) is 14.7. The van der Waals surface area contributed by atoms with Crippen LogP contribution in [0.4, 0.5) is 19.1 Å². The second-order valence-corrected chi connectivity index (χ2v) is 6.55. The molecule has 0 unspecified atom stereocenters. The van der Waals surface area contributed by atoms with Crippen molar-refractivity contribution >= 4 is 28.9 Å². The van der Waals surface area contributed by atoms with E-state index < -0.39 is 23.6 Å². The highest BCUT2D eigenvalue weighted by Crippen LogP contribution is 2.29. The number of halogens is 3. The number of aromatic nitrogens is 3. The first-order valence-corrected chi connectivity index (χ1v) is 8.89. The van der Waals surface area contributed by atoms with Gasteiger partial charge in [0.25, 0.3) is 5.91 Å². The maximum atomic E-state index is 12.7. The third-order valence-corrected chi connectivity index (χ3v) is 4.51. The molecule has 0 aliphatic carbocycles. The fraction of sp³-hybridized carbons (Fsp3) is 0.0476. The fourth-order valence-corrected chi connectivity index (χ4v) is 2.97. The largest absolute Gasteiger partial charge is 0.478 e. The van der Waals surface area contributed by atoms with E-state index in [0.29, 0.717) is 16.8 Å². The quantitative estimate of drug-likeness (QED) is 0.442. The Bertz CT molecular complexity index is 1280. The van der Waals surface area contributed by atoms with E-state index >= 15 is 0 Å². The molecule has 0 saturated carbocycles. The number of fused-ring (bicyclic) bond motifs is 1. The molecule has 0 radical (unpaired) electrons. The predicted molar refractivity (Wildman–Crippen MR) is 106 cm³/mol. The smallest absolute Gasteiger partial charge is 0.417 e. The van der Waals surface area contributed by atoms with Gasteiger partial charge in [0.2, 0.25) is 5.95 Å². The number of nitrogens with one attached hydrogen (secondary N) is 2. The van der Waals surface area contributed by atoms with Crippen molar-refractivity contribution in [3.05, 3.63) is 77.5 Å². The molecule has 0 saturated heterocycles. The number of anilines is 1. The number of rotatable bonds is 4. The second-order valence-electron chi connectivity index (χ2n) is 6.55. The minimum absolute atomic E-state index is 0.0268. The van der Waals surface area contributed by atoms with E-state index in [0.717, 1.165) is 12.3 Å². The van der Waals surface area contributed by atoms with E-state index in [1.165, 1.54) is 24.3 Å². The van der Waals surface area contributed by atoms with Crippen molar-refractivity contribution in [3.63, 3.8) is 0 Å². The summed E-state index contributed by atoms with van der Waals surface area (Å²) in [6, 6.07) is 12.9. The summed E-state index contributed by atoms with van der Waals surface area (Å²) in [6.45, 7) is 0. The van der Waals surface area contributed by atoms with Gasteiger partial charge in [0, 0.05) is 17.3 Å². The van der Waals surface area contributed by atoms with Crippen molar-refractivity contribution in [3.8, 4) is 11.3 Å². The molecule has 0 aliphatic rings. The molecule has 10 heteroatoms. The number of pyridine rings is 1. The van der Waals surface area contributed by atoms with Crippen molar-refractivity contribution < 1.29 is 27.9 Å². The lowest BCUT2D eigenvalue weighted by molar-refractivity contribution is -0.137. The topological polar surface area (TPSA) is 108 Å². The van der Waals surface area contributed by atoms with Crippen molar-refractivity contribution in [2.75, 3.05) is 5.32 Å². The number of amides is 1. The Kier molecular flexibility index (Phi) is 4.90. The molecule has 31 heavy (non-hydrogen) atoms. The first kappa shape index (κ1) is 20.1. The van der Waals surface area contributed by atoms with Crippen molar-refractivity contribution in [1.29, 1.82) is 0 Å². The molecule has 2 aromatic carbocycles. The van der Waals surface area contributed by atoms with E-state index in [-0.39, 0.29) is 22.6 Å². The molecule has 4 rings (SSSR count). The van der Waals surface area contributed by atoms with Crippen LogP contribution in [0.3, 0.4) is 0 Å². The zero-order valence-electron chi connectivity index (χ0n) is 15.6. The number of alkyl halides is 3. The van der Waals surface area contributed by atoms with Gasteiger partial charge in [-0.1, -0.05) is 18.2 Å². The van der Waals surface area contributed by atoms with E-state index in [1.807, 2.05) is 0 Å². The highest BCUT2D eigenvalue weighted by atomic mass is 19.4. The number of H-pyrrole nitrogens is 1. The van der Waals surface area contributed by atoms with Gasteiger partial charge in [-0.2, -0.15) is 13.2 Å². The molecule has 4 aromatic rings. The third-order valence-electron chi connectivity index (χ3n) is 4.51. The van der Waals surface area contributed by atoms with Crippen molar-refractivity contribution in [1.82, 2.24) is 15.0 Å². The maximum absolute atomic E-state index is 12.7. The molecular weight excluding hydrogens is 413 g/mol. The van der Waals surface area contributed by atoms with Gasteiger partial charge in [-0.15, -0.1) is 0 Å². The van der Waals surface area contributed by atoms with Gasteiger partial charge in [-0.05, 0) is 36.4 Å². The van der Waals surface area contributed by atoms with E-state index in [2.05, 4.69) is 20.3 Å². The van der Waals surface area contributed by atoms with Gasteiger partial charge < -0.3 is 10.1 Å². The molecule has 0 fully saturated rings. The van der Waals surface area contributed by atoms with Crippen LogP contribution < -0.4 is 5.32 Å². The van der Waals surface area contributed by atoms with Crippen LogP contribution >= 0.6 is 0 Å². The molecule has 7 nitrogen and oxygen atoms in total. The Balaban J connectivity index is 1.52. The van der Waals surface area contributed by atoms with Crippen LogP contribution in [0, 0.1) is 0 Å². The summed E-state index contributed by atoms with van der Waals surface area (Å²) >= 11 is 0. The molecule has 0 spiro atoms. The first-order valence-electron chi connectivity index (χ1n) is 8.89. The number of aromatic carboxylic acids is 1. The SMILES string of the molecule is O=C(Nc1nc2cccc(C(=O)O)c2[nH]1)c1ccc(-c2ccc(C(F)(F)F)cn2)cc1. The molecule has 0 aliphatic heterocycles. The van der Waals surface area contributed by atoms with E-state index in [9.17, 15) is 27.9 Å². The number of nitrogens with zero attached hydrogens (tertiary/aromatic N) is 2. The van der Waals surface area contributed by atoms with Crippen LogP contribution in [-0.2, 0) is 6.18 Å². The number of benzene rings is 2. The zero-order valence-corrected chi connectivity index (χ0v) is 15.6. The highest BCUT2D eigenvalue weighted by Gasteiger charge is 2.30. The number of carbonyl (C=O) groups is 2. The predicted octanol–water partition coefficient (Wildman–Crippen LogP) is 4.59. The maximum Gasteiger partial charge on any atom is 0.417 e. The van der Waals surface area contributed by atoms with Crippen LogP contribution in [0.5, 0.6) is 0 Å². The lowest BCUT2D eigenvalue weighted by Gasteiger charge is -2.07. The Hall–Kier alpha value is -4.21. The number of carboxylic acids is 1. The summed E-state index contributed by atoms with van der Waals surface area (Å²) in [5.74, 6) is -1.54. The van der Waals surface area contributed by atoms with Gasteiger partial charge in [0.1, 0.15) is 0 Å². The average Bonchev–Trinajstić information content (AvgIpc) is 3.15. The highest BCUT2D eigenvalue weighted by molar-refractivity contribution is 6.05. The summed E-state index contributed by atoms with van der Waals surface area (Å²) < 4.78 is 38.0. The number of carboxylic acid groups (broad SMARTS) is 1. The fourth-order valence-electron chi connectivity index (χ4n) is 2.97. The van der Waals surface area contributed by atoms with Gasteiger partial charge in [-0.25, -0.2) is 9.78 Å². The van der Waals surface area contributed by atoms with Gasteiger partial charge in [-0.3, -0.25) is 15.1 Å². The van der Waals surface area contributed by atoms with E-state index in [4.69, 9.17) is 0 Å². The molecule has 3 N–H and O–H groups in total. The molecule has 2 heterocycles. The summed E-state index contributed by atoms with van der Waals surface area (Å²) in [5, 5.41) is 11.8. The average molecular weight is 426 g/mol. The number of carbonyl (C=O) groups excluding carboxylic acids is 1. The minimum Gasteiger partial charge on any atom is -0.478 e. The summed E-state index contributed by atoms with van der Waals surface area (Å²) in [6.07, 6.45) is -3.71. The summed E-state index contributed by atoms with van der Waals surface area (Å²) in [4.78, 5) is 34.5. The van der Waals surface area contributed by atoms with Gasteiger partial charge in [0.15, 0.2) is 0 Å². The standard InChI is InChI=1S/C21H13F3N4O3/c22-21(23,24)13-8-9-15(25-10-13)11-4-6-12(7-5-11)18(29)28-20-26-16-3-1-2-14(19(30)31)17(16)27-20/h1-10H,(H,30,31)(H2,26,27,28,29).